The molecule has 3 atom stereocenters. The lowest BCUT2D eigenvalue weighted by atomic mass is 9.81. The number of carbonyl (C=O) groups is 4. The molecule has 1 saturated carbocycles. The minimum Gasteiger partial charge on any atom is -0.496 e. The zero-order valence-corrected chi connectivity index (χ0v) is 27.1. The van der Waals surface area contributed by atoms with Crippen molar-refractivity contribution in [1.82, 2.24) is 14.4 Å². The maximum absolute atomic E-state index is 13.4. The highest BCUT2D eigenvalue weighted by Crippen LogP contribution is 2.41. The molecule has 3 aliphatic heterocycles. The van der Waals surface area contributed by atoms with Crippen molar-refractivity contribution in [2.75, 3.05) is 38.8 Å². The molecule has 1 aliphatic carbocycles. The molecule has 3 aromatic rings. The summed E-state index contributed by atoms with van der Waals surface area (Å²) in [4.78, 5) is 68.8. The Morgan fingerprint density at radius 2 is 1.57 bits per heavy atom. The Kier molecular flexibility index (Phi) is 7.74. The van der Waals surface area contributed by atoms with Gasteiger partial charge in [-0.3, -0.25) is 33.8 Å². The molecule has 7 rings (SSSR count). The van der Waals surface area contributed by atoms with Crippen LogP contribution in [0.25, 0.3) is 11.1 Å². The topological polar surface area (TPSA) is 118 Å². The van der Waals surface area contributed by atoms with Gasteiger partial charge in [-0.15, -0.1) is 0 Å². The molecular weight excluding hydrogens is 600 g/mol. The molecule has 47 heavy (non-hydrogen) atoms. The molecule has 11 nitrogen and oxygen atoms in total. The standard InChI is InChI=1S/C36H38N4O7/c1-20-11-22(16-37(2)34(20)43)21-12-32(46-3)28(33(13-21)47-4)19-38-10-9-29-23(17-38)18-39(29)24-5-7-26-27(14-24)36(45)40(35(26)44)30-8-6-25(41)15-31(30)42/h5,7,11-14,16,23,29-30H,6,8-10,15,17-19H2,1-4H3. The highest BCUT2D eigenvalue weighted by molar-refractivity contribution is 6.24. The van der Waals surface area contributed by atoms with E-state index in [1.54, 1.807) is 38.0 Å². The monoisotopic (exact) mass is 638 g/mol. The highest BCUT2D eigenvalue weighted by atomic mass is 16.5. The van der Waals surface area contributed by atoms with Crippen molar-refractivity contribution in [2.45, 2.75) is 51.2 Å². The maximum Gasteiger partial charge on any atom is 0.262 e. The molecular formula is C36H38N4O7. The summed E-state index contributed by atoms with van der Waals surface area (Å²) in [5.74, 6) is 0.487. The molecule has 244 valence electrons. The number of fused-ring (bicyclic) bond motifs is 2. The van der Waals surface area contributed by atoms with Crippen molar-refractivity contribution >= 4 is 29.1 Å². The molecule has 3 unspecified atom stereocenters. The third kappa shape index (κ3) is 5.22. The van der Waals surface area contributed by atoms with Crippen LogP contribution < -0.4 is 19.9 Å². The van der Waals surface area contributed by atoms with E-state index in [4.69, 9.17) is 9.47 Å². The van der Waals surface area contributed by atoms with Gasteiger partial charge in [0.15, 0.2) is 5.78 Å². The fourth-order valence-corrected chi connectivity index (χ4v) is 7.78. The lowest BCUT2D eigenvalue weighted by Crippen LogP contribution is -2.63. The van der Waals surface area contributed by atoms with Crippen molar-refractivity contribution in [2.24, 2.45) is 13.0 Å². The van der Waals surface area contributed by atoms with Crippen LogP contribution in [0.4, 0.5) is 5.69 Å². The summed E-state index contributed by atoms with van der Waals surface area (Å²) >= 11 is 0. The summed E-state index contributed by atoms with van der Waals surface area (Å²) in [6.45, 7) is 5.07. The van der Waals surface area contributed by atoms with Gasteiger partial charge in [-0.2, -0.15) is 0 Å². The van der Waals surface area contributed by atoms with Gasteiger partial charge < -0.3 is 18.9 Å². The number of hydrogen-bond acceptors (Lipinski definition) is 9. The molecule has 4 heterocycles. The SMILES string of the molecule is COc1cc(-c2cc(C)c(=O)n(C)c2)cc(OC)c1CN1CCC2C(C1)CN2c1ccc2c(c1)C(=O)N(C1CCC(=O)CC1=O)C2=O. The second kappa shape index (κ2) is 11.8. The van der Waals surface area contributed by atoms with Crippen LogP contribution in [-0.2, 0) is 23.2 Å². The third-order valence-electron chi connectivity index (χ3n) is 10.3. The van der Waals surface area contributed by atoms with Crippen molar-refractivity contribution in [3.8, 4) is 22.6 Å². The van der Waals surface area contributed by atoms with Crippen LogP contribution in [0.15, 0.2) is 47.4 Å². The van der Waals surface area contributed by atoms with E-state index in [-0.39, 0.29) is 36.4 Å². The normalized spacial score (nSPS) is 22.7. The van der Waals surface area contributed by atoms with Crippen molar-refractivity contribution in [1.29, 1.82) is 0 Å². The summed E-state index contributed by atoms with van der Waals surface area (Å²) in [6.07, 6.45) is 2.93. The first-order chi connectivity index (χ1) is 22.6. The van der Waals surface area contributed by atoms with Crippen LogP contribution in [-0.4, -0.2) is 83.7 Å². The van der Waals surface area contributed by atoms with Gasteiger partial charge in [0.25, 0.3) is 17.4 Å². The number of anilines is 1. The minimum absolute atomic E-state index is 0.0271. The first-order valence-electron chi connectivity index (χ1n) is 16.1. The number of ketones is 2. The number of aryl methyl sites for hydroxylation is 2. The zero-order chi connectivity index (χ0) is 33.1. The number of piperidine rings is 1. The quantitative estimate of drug-likeness (QED) is 0.284. The predicted molar refractivity (Wildman–Crippen MR) is 174 cm³/mol. The van der Waals surface area contributed by atoms with Crippen LogP contribution in [0.3, 0.4) is 0 Å². The molecule has 4 aliphatic rings. The molecule has 2 aromatic carbocycles. The smallest absolute Gasteiger partial charge is 0.262 e. The number of nitrogens with zero attached hydrogens (tertiary/aromatic N) is 4. The predicted octanol–water partition coefficient (Wildman–Crippen LogP) is 3.38. The number of methoxy groups -OCH3 is 2. The number of hydrogen-bond donors (Lipinski definition) is 0. The molecule has 3 fully saturated rings. The van der Waals surface area contributed by atoms with Gasteiger partial charge in [-0.1, -0.05) is 0 Å². The van der Waals surface area contributed by atoms with Gasteiger partial charge in [0.1, 0.15) is 17.3 Å². The number of rotatable bonds is 7. The number of Topliss-reactive ketones (excluding diaryl/α,β-unsaturated/α-hetero) is 2. The van der Waals surface area contributed by atoms with E-state index >= 15 is 0 Å². The van der Waals surface area contributed by atoms with Gasteiger partial charge in [0.05, 0.1) is 43.4 Å². The van der Waals surface area contributed by atoms with Crippen molar-refractivity contribution < 1.29 is 28.7 Å². The third-order valence-corrected chi connectivity index (χ3v) is 10.3. The first-order valence-corrected chi connectivity index (χ1v) is 16.1. The van der Waals surface area contributed by atoms with E-state index in [1.165, 1.54) is 0 Å². The molecule has 11 heteroatoms. The average Bonchev–Trinajstić information content (AvgIpc) is 3.29. The number of imide groups is 1. The summed E-state index contributed by atoms with van der Waals surface area (Å²) in [7, 11) is 5.07. The number of benzene rings is 2. The van der Waals surface area contributed by atoms with E-state index in [2.05, 4.69) is 9.80 Å². The second-order valence-corrected chi connectivity index (χ2v) is 13.1. The largest absolute Gasteiger partial charge is 0.496 e. The Labute approximate surface area is 272 Å². The number of aromatic nitrogens is 1. The summed E-state index contributed by atoms with van der Waals surface area (Å²) in [6, 6.07) is 10.7. The van der Waals surface area contributed by atoms with Crippen LogP contribution >= 0.6 is 0 Å². The Morgan fingerprint density at radius 3 is 2.23 bits per heavy atom. The molecule has 1 aromatic heterocycles. The van der Waals surface area contributed by atoms with E-state index < -0.39 is 17.9 Å². The number of ether oxygens (including phenoxy) is 2. The Hall–Kier alpha value is -4.77. The fraction of sp³-hybridized carbons (Fsp3) is 0.417. The van der Waals surface area contributed by atoms with E-state index in [9.17, 15) is 24.0 Å². The van der Waals surface area contributed by atoms with Crippen LogP contribution in [0, 0.1) is 12.8 Å². The Morgan fingerprint density at radius 1 is 0.851 bits per heavy atom. The summed E-state index contributed by atoms with van der Waals surface area (Å²) in [5.41, 5.74) is 4.98. The molecule has 0 radical (unpaired) electrons. The highest BCUT2D eigenvalue weighted by Gasteiger charge is 2.46. The molecule has 0 N–H and O–H groups in total. The Balaban J connectivity index is 1.04. The van der Waals surface area contributed by atoms with E-state index in [0.29, 0.717) is 35.2 Å². The minimum atomic E-state index is -0.868. The number of pyridine rings is 1. The van der Waals surface area contributed by atoms with Gasteiger partial charge in [-0.25, -0.2) is 0 Å². The average molecular weight is 639 g/mol. The number of carbonyl (C=O) groups excluding carboxylic acids is 4. The van der Waals surface area contributed by atoms with Crippen molar-refractivity contribution in [3.63, 3.8) is 0 Å². The summed E-state index contributed by atoms with van der Waals surface area (Å²) in [5, 5.41) is 0. The van der Waals surface area contributed by atoms with Gasteiger partial charge in [0.2, 0.25) is 0 Å². The zero-order valence-electron chi connectivity index (χ0n) is 27.1. The maximum atomic E-state index is 13.4. The van der Waals surface area contributed by atoms with Crippen LogP contribution in [0.5, 0.6) is 11.5 Å². The fourth-order valence-electron chi connectivity index (χ4n) is 7.78. The van der Waals surface area contributed by atoms with Gasteiger partial charge in [0, 0.05) is 69.1 Å². The number of likely N-dealkylation sites (tertiary alicyclic amines) is 1. The first kappa shape index (κ1) is 30.9. The van der Waals surface area contributed by atoms with Crippen LogP contribution in [0.2, 0.25) is 0 Å². The molecule has 2 saturated heterocycles. The lowest BCUT2D eigenvalue weighted by molar-refractivity contribution is -0.132. The molecule has 0 spiro atoms. The lowest BCUT2D eigenvalue weighted by Gasteiger charge is -2.54. The van der Waals surface area contributed by atoms with E-state index in [1.807, 2.05) is 37.4 Å². The van der Waals surface area contributed by atoms with Crippen LogP contribution in [0.1, 0.15) is 57.5 Å². The Bertz CT molecular complexity index is 1850. The molecule has 2 amide bonds. The summed E-state index contributed by atoms with van der Waals surface area (Å²) < 4.78 is 13.3. The second-order valence-electron chi connectivity index (χ2n) is 13.1. The molecule has 0 bridgehead atoms. The van der Waals surface area contributed by atoms with Gasteiger partial charge >= 0.3 is 0 Å². The van der Waals surface area contributed by atoms with E-state index in [0.717, 1.165) is 64.8 Å². The van der Waals surface area contributed by atoms with Crippen molar-refractivity contribution in [3.05, 3.63) is 75.2 Å². The van der Waals surface area contributed by atoms with Gasteiger partial charge in [-0.05, 0) is 67.3 Å². The number of amides is 2.